The monoisotopic (exact) mass is 146 g/mol. The fourth-order valence-electron chi connectivity index (χ4n) is 1.06. The predicted octanol–water partition coefficient (Wildman–Crippen LogP) is 0.657. The summed E-state index contributed by atoms with van der Waals surface area (Å²) in [6.45, 7) is 10.4. The SMILES string of the molecule is C[Si]1(C)[SiH2][Si]1(C)C. The molecule has 0 amide bonds. The van der Waals surface area contributed by atoms with Crippen LogP contribution in [0.4, 0.5) is 0 Å². The second-order valence-electron chi connectivity index (χ2n) is 3.94. The van der Waals surface area contributed by atoms with Crippen molar-refractivity contribution in [2.24, 2.45) is 0 Å². The topological polar surface area (TPSA) is 0 Å². The van der Waals surface area contributed by atoms with Gasteiger partial charge >= 0.3 is 0 Å². The highest BCUT2D eigenvalue weighted by Crippen LogP contribution is 2.32. The molecule has 1 aliphatic heterocycles. The molecule has 0 aromatic carbocycles. The van der Waals surface area contributed by atoms with Crippen molar-refractivity contribution in [3.63, 3.8) is 0 Å². The second-order valence-corrected chi connectivity index (χ2v) is 39.0. The van der Waals surface area contributed by atoms with Crippen LogP contribution in [0, 0.1) is 0 Å². The van der Waals surface area contributed by atoms with Crippen LogP contribution in [0.2, 0.25) is 26.2 Å². The Balaban J connectivity index is 2.59. The first-order chi connectivity index (χ1) is 2.96. The third kappa shape index (κ3) is 0.772. The maximum absolute atomic E-state index is 2.59. The Labute approximate surface area is 49.5 Å². The zero-order valence-corrected chi connectivity index (χ0v) is 9.12. The standard InChI is InChI=1S/C4H14Si3/c1-6(2)5-7(6,3)4/h5H2,1-4H3. The summed E-state index contributed by atoms with van der Waals surface area (Å²) < 4.78 is 0. The molecule has 0 radical (unpaired) electrons. The van der Waals surface area contributed by atoms with Crippen molar-refractivity contribution in [2.45, 2.75) is 26.2 Å². The van der Waals surface area contributed by atoms with Crippen LogP contribution in [0.5, 0.6) is 0 Å². The van der Waals surface area contributed by atoms with E-state index < -0.39 is 0 Å². The molecule has 3 heteroatoms. The van der Waals surface area contributed by atoms with Gasteiger partial charge in [-0.15, -0.1) is 0 Å². The minimum Gasteiger partial charge on any atom is -0.0740 e. The molecule has 0 unspecified atom stereocenters. The molecule has 0 saturated carbocycles. The molecular formula is C4H14Si3. The van der Waals surface area contributed by atoms with E-state index in [1.54, 1.807) is 0 Å². The normalized spacial score (nSPS) is 32.6. The second kappa shape index (κ2) is 1.14. The molecule has 1 rings (SSSR count). The Morgan fingerprint density at radius 1 is 0.857 bits per heavy atom. The van der Waals surface area contributed by atoms with Crippen LogP contribution in [0.15, 0.2) is 0 Å². The Morgan fingerprint density at radius 2 is 1.00 bits per heavy atom. The average Bonchev–Trinajstić information content (AvgIpc) is 1.63. The molecule has 0 spiro atoms. The summed E-state index contributed by atoms with van der Waals surface area (Å²) in [7, 11) is -0.0216. The quantitative estimate of drug-likeness (QED) is 0.441. The van der Waals surface area contributed by atoms with Crippen molar-refractivity contribution in [2.75, 3.05) is 0 Å². The van der Waals surface area contributed by atoms with Crippen molar-refractivity contribution in [3.8, 4) is 0 Å². The van der Waals surface area contributed by atoms with Crippen molar-refractivity contribution in [3.05, 3.63) is 0 Å². The molecule has 42 valence electrons. The van der Waals surface area contributed by atoms with Gasteiger partial charge in [-0.3, -0.25) is 0 Å². The zero-order chi connectivity index (χ0) is 5.71. The number of hydrogen-bond donors (Lipinski definition) is 0. The molecule has 1 aliphatic rings. The fourth-order valence-corrected chi connectivity index (χ4v) is 47.7. The molecular weight excluding hydrogens is 132 g/mol. The Hall–Kier alpha value is 0.651. The third-order valence-corrected chi connectivity index (χ3v) is 52.0. The molecule has 0 aromatic heterocycles. The summed E-state index contributed by atoms with van der Waals surface area (Å²) in [4.78, 5) is 0. The van der Waals surface area contributed by atoms with Crippen LogP contribution in [-0.4, -0.2) is 22.8 Å². The van der Waals surface area contributed by atoms with Gasteiger partial charge in [0.05, 0.1) is 0 Å². The minimum absolute atomic E-state index is 0.311. The lowest BCUT2D eigenvalue weighted by molar-refractivity contribution is 1.97. The van der Waals surface area contributed by atoms with E-state index in [0.717, 1.165) is 0 Å². The molecule has 1 saturated heterocycles. The zero-order valence-electron chi connectivity index (χ0n) is 5.71. The van der Waals surface area contributed by atoms with E-state index in [0.29, 0.717) is 8.55 Å². The van der Waals surface area contributed by atoms with Gasteiger partial charge in [-0.25, -0.2) is 0 Å². The van der Waals surface area contributed by atoms with Crippen LogP contribution < -0.4 is 0 Å². The molecule has 1 fully saturated rings. The molecule has 0 bridgehead atoms. The summed E-state index contributed by atoms with van der Waals surface area (Å²) in [5.41, 5.74) is 0. The largest absolute Gasteiger partial charge is 0.0740 e. The highest BCUT2D eigenvalue weighted by molar-refractivity contribution is 8.02. The lowest BCUT2D eigenvalue weighted by atomic mass is 11.9. The maximum Gasteiger partial charge on any atom is 0.0231 e. The third-order valence-electron chi connectivity index (χ3n) is 2.59. The summed E-state index contributed by atoms with van der Waals surface area (Å²) in [5.74, 6) is 0. The van der Waals surface area contributed by atoms with Gasteiger partial charge in [-0.1, -0.05) is 26.2 Å². The fraction of sp³-hybridized carbons (Fsp3) is 1.00. The molecule has 0 aromatic rings. The summed E-state index contributed by atoms with van der Waals surface area (Å²) in [6.07, 6.45) is 0. The Morgan fingerprint density at radius 3 is 1.00 bits per heavy atom. The van der Waals surface area contributed by atoms with E-state index in [2.05, 4.69) is 26.2 Å². The van der Waals surface area contributed by atoms with Gasteiger partial charge in [0.15, 0.2) is 0 Å². The summed E-state index contributed by atoms with van der Waals surface area (Å²) >= 11 is 0. The van der Waals surface area contributed by atoms with Crippen molar-refractivity contribution < 1.29 is 0 Å². The summed E-state index contributed by atoms with van der Waals surface area (Å²) in [5, 5.41) is 0. The average molecular weight is 146 g/mol. The van der Waals surface area contributed by atoms with Gasteiger partial charge in [-0.05, 0) is 0 Å². The van der Waals surface area contributed by atoms with E-state index in [-0.39, 0.29) is 14.2 Å². The van der Waals surface area contributed by atoms with Gasteiger partial charge in [0.1, 0.15) is 0 Å². The van der Waals surface area contributed by atoms with Crippen LogP contribution in [-0.2, 0) is 0 Å². The summed E-state index contributed by atoms with van der Waals surface area (Å²) in [6, 6.07) is 0. The van der Waals surface area contributed by atoms with E-state index in [1.165, 1.54) is 0 Å². The molecule has 0 atom stereocenters. The van der Waals surface area contributed by atoms with Crippen LogP contribution in [0.3, 0.4) is 0 Å². The molecule has 1 heterocycles. The van der Waals surface area contributed by atoms with Gasteiger partial charge < -0.3 is 0 Å². The first-order valence-electron chi connectivity index (χ1n) is 2.96. The Kier molecular flexibility index (Phi) is 0.941. The van der Waals surface area contributed by atoms with Crippen LogP contribution in [0.1, 0.15) is 0 Å². The van der Waals surface area contributed by atoms with Gasteiger partial charge in [0.25, 0.3) is 0 Å². The Bertz CT molecular complexity index is 83.1. The predicted molar refractivity (Wildman–Crippen MR) is 43.5 cm³/mol. The van der Waals surface area contributed by atoms with E-state index >= 15 is 0 Å². The highest BCUT2D eigenvalue weighted by Gasteiger charge is 2.57. The van der Waals surface area contributed by atoms with E-state index in [1.807, 2.05) is 0 Å². The van der Waals surface area contributed by atoms with Crippen molar-refractivity contribution in [1.29, 1.82) is 0 Å². The lowest BCUT2D eigenvalue weighted by Crippen LogP contribution is -2.21. The van der Waals surface area contributed by atoms with Crippen molar-refractivity contribution >= 4 is 22.8 Å². The van der Waals surface area contributed by atoms with Crippen molar-refractivity contribution in [1.82, 2.24) is 0 Å². The molecule has 7 heavy (non-hydrogen) atoms. The smallest absolute Gasteiger partial charge is 0.0231 e. The van der Waals surface area contributed by atoms with E-state index in [9.17, 15) is 0 Å². The first-order valence-corrected chi connectivity index (χ1v) is 14.6. The van der Waals surface area contributed by atoms with Gasteiger partial charge in [-0.2, -0.15) is 0 Å². The van der Waals surface area contributed by atoms with Gasteiger partial charge in [0, 0.05) is 22.8 Å². The number of rotatable bonds is 0. The van der Waals surface area contributed by atoms with E-state index in [4.69, 9.17) is 0 Å². The highest BCUT2D eigenvalue weighted by atomic mass is 30.2. The first kappa shape index (κ1) is 5.78. The molecule has 0 nitrogen and oxygen atoms in total. The maximum atomic E-state index is 2.59. The number of hydrogen-bond acceptors (Lipinski definition) is 0. The minimum atomic E-state index is -0.311. The lowest BCUT2D eigenvalue weighted by Gasteiger charge is -2.01. The van der Waals surface area contributed by atoms with Gasteiger partial charge in [0.2, 0.25) is 0 Å². The molecule has 0 N–H and O–H groups in total. The molecule has 0 aliphatic carbocycles. The van der Waals surface area contributed by atoms with Crippen LogP contribution >= 0.6 is 0 Å². The van der Waals surface area contributed by atoms with Crippen LogP contribution in [0.25, 0.3) is 0 Å².